The van der Waals surface area contributed by atoms with Crippen molar-refractivity contribution in [3.05, 3.63) is 62.8 Å². The number of benzene rings is 2. The van der Waals surface area contributed by atoms with Crippen molar-refractivity contribution in [2.24, 2.45) is 0 Å². The molecule has 35 heavy (non-hydrogen) atoms. The summed E-state index contributed by atoms with van der Waals surface area (Å²) in [5.74, 6) is -1.53. The van der Waals surface area contributed by atoms with Crippen LogP contribution < -0.4 is 9.62 Å². The molecule has 0 fully saturated rings. The van der Waals surface area contributed by atoms with Crippen LogP contribution in [0.3, 0.4) is 0 Å². The molecule has 0 aliphatic rings. The summed E-state index contributed by atoms with van der Waals surface area (Å²) in [5.41, 5.74) is 0.525. The van der Waals surface area contributed by atoms with E-state index in [0.29, 0.717) is 12.0 Å². The molecule has 12 heteroatoms. The van der Waals surface area contributed by atoms with Crippen molar-refractivity contribution in [1.29, 1.82) is 0 Å². The fourth-order valence-electron chi connectivity index (χ4n) is 3.13. The topological polar surface area (TPSA) is 86.8 Å². The number of hydrogen-bond donors (Lipinski definition) is 1. The molecule has 2 amide bonds. The maximum absolute atomic E-state index is 13.5. The molecule has 2 aromatic carbocycles. The normalized spacial score (nSPS) is 13.1. The first-order chi connectivity index (χ1) is 16.2. The zero-order valence-electron chi connectivity index (χ0n) is 19.7. The van der Waals surface area contributed by atoms with Crippen LogP contribution in [0.1, 0.15) is 32.8 Å². The lowest BCUT2D eigenvalue weighted by molar-refractivity contribution is -0.139. The lowest BCUT2D eigenvalue weighted by atomic mass is 10.1. The number of nitrogens with one attached hydrogen (secondary N) is 1. The third-order valence-electron chi connectivity index (χ3n) is 5.37. The van der Waals surface area contributed by atoms with Crippen molar-refractivity contribution in [2.45, 2.75) is 45.8 Å². The second-order valence-electron chi connectivity index (χ2n) is 8.13. The summed E-state index contributed by atoms with van der Waals surface area (Å²) in [4.78, 5) is 27.5. The average Bonchev–Trinajstić information content (AvgIpc) is 2.78. The van der Waals surface area contributed by atoms with Gasteiger partial charge in [0, 0.05) is 12.6 Å². The van der Waals surface area contributed by atoms with Gasteiger partial charge in [-0.05, 0) is 50.1 Å². The summed E-state index contributed by atoms with van der Waals surface area (Å²) in [6.45, 7) is 4.56. The Bertz CT molecular complexity index is 1180. The summed E-state index contributed by atoms with van der Waals surface area (Å²) in [5, 5.41) is 2.97. The van der Waals surface area contributed by atoms with Gasteiger partial charge in [-0.25, -0.2) is 12.8 Å². The van der Waals surface area contributed by atoms with Gasteiger partial charge in [0.25, 0.3) is 0 Å². The van der Waals surface area contributed by atoms with Crippen LogP contribution in [0, 0.1) is 5.82 Å². The standard InChI is InChI=1S/C23H27Cl3FN3O4S/c1-5-14(2)28-23(32)15(3)29(12-16-6-8-17(27)9-7-16)22(31)13-30(35(4,33)34)21-11-19(25)18(24)10-20(21)26/h6-11,14-15H,5,12-13H2,1-4H3,(H,28,32). The van der Waals surface area contributed by atoms with E-state index in [1.54, 1.807) is 0 Å². The van der Waals surface area contributed by atoms with E-state index in [1.807, 2.05) is 13.8 Å². The highest BCUT2D eigenvalue weighted by Gasteiger charge is 2.31. The highest BCUT2D eigenvalue weighted by Crippen LogP contribution is 2.35. The molecule has 7 nitrogen and oxygen atoms in total. The van der Waals surface area contributed by atoms with Crippen molar-refractivity contribution >= 4 is 62.3 Å². The molecule has 2 rings (SSSR count). The molecule has 0 aliphatic heterocycles. The minimum Gasteiger partial charge on any atom is -0.352 e. The monoisotopic (exact) mass is 565 g/mol. The van der Waals surface area contributed by atoms with E-state index in [0.717, 1.165) is 10.6 Å². The van der Waals surface area contributed by atoms with E-state index >= 15 is 0 Å². The van der Waals surface area contributed by atoms with Gasteiger partial charge in [0.15, 0.2) is 0 Å². The molecule has 1 N–H and O–H groups in total. The Labute approximate surface area is 220 Å². The molecule has 0 heterocycles. The number of anilines is 1. The Kier molecular flexibility index (Phi) is 10.2. The quantitative estimate of drug-likeness (QED) is 0.415. The fourth-order valence-corrected chi connectivity index (χ4v) is 4.68. The zero-order valence-corrected chi connectivity index (χ0v) is 22.8. The third-order valence-corrected chi connectivity index (χ3v) is 7.52. The van der Waals surface area contributed by atoms with Gasteiger partial charge in [0.05, 0.1) is 27.0 Å². The first-order valence-electron chi connectivity index (χ1n) is 10.7. The number of nitrogens with zero attached hydrogens (tertiary/aromatic N) is 2. The fraction of sp³-hybridized carbons (Fsp3) is 0.391. The van der Waals surface area contributed by atoms with Crippen LogP contribution in [0.5, 0.6) is 0 Å². The van der Waals surface area contributed by atoms with Crippen LogP contribution in [0.4, 0.5) is 10.1 Å². The summed E-state index contributed by atoms with van der Waals surface area (Å²) < 4.78 is 39.4. The number of halogens is 4. The second-order valence-corrected chi connectivity index (χ2v) is 11.3. The van der Waals surface area contributed by atoms with Crippen LogP contribution in [0.25, 0.3) is 0 Å². The van der Waals surface area contributed by atoms with Gasteiger partial charge in [-0.1, -0.05) is 53.9 Å². The number of carbonyl (C=O) groups is 2. The molecular weight excluding hydrogens is 540 g/mol. The predicted molar refractivity (Wildman–Crippen MR) is 138 cm³/mol. The number of sulfonamides is 1. The molecular formula is C23H27Cl3FN3O4S. The molecule has 2 atom stereocenters. The Morgan fingerprint density at radius 3 is 2.14 bits per heavy atom. The molecule has 0 bridgehead atoms. The Morgan fingerprint density at radius 2 is 1.60 bits per heavy atom. The van der Waals surface area contributed by atoms with Crippen molar-refractivity contribution < 1.29 is 22.4 Å². The van der Waals surface area contributed by atoms with Gasteiger partial charge < -0.3 is 10.2 Å². The Morgan fingerprint density at radius 1 is 1.03 bits per heavy atom. The minimum atomic E-state index is -4.00. The third kappa shape index (κ3) is 7.96. The molecule has 0 spiro atoms. The summed E-state index contributed by atoms with van der Waals surface area (Å²) in [7, 11) is -4.00. The molecule has 0 saturated heterocycles. The second kappa shape index (κ2) is 12.3. The van der Waals surface area contributed by atoms with Gasteiger partial charge in [0.2, 0.25) is 21.8 Å². The van der Waals surface area contributed by atoms with Crippen LogP contribution in [0.15, 0.2) is 36.4 Å². The van der Waals surface area contributed by atoms with E-state index in [1.165, 1.54) is 48.2 Å². The van der Waals surface area contributed by atoms with Gasteiger partial charge in [0.1, 0.15) is 18.4 Å². The molecule has 0 radical (unpaired) electrons. The molecule has 0 aromatic heterocycles. The van der Waals surface area contributed by atoms with E-state index in [4.69, 9.17) is 34.8 Å². The zero-order chi connectivity index (χ0) is 26.5. The number of rotatable bonds is 10. The van der Waals surface area contributed by atoms with Crippen molar-refractivity contribution in [3.8, 4) is 0 Å². The first kappa shape index (κ1) is 29.2. The lowest BCUT2D eigenvalue weighted by Gasteiger charge is -2.32. The van der Waals surface area contributed by atoms with Gasteiger partial charge >= 0.3 is 0 Å². The van der Waals surface area contributed by atoms with Crippen LogP contribution in [0.2, 0.25) is 15.1 Å². The Hall–Kier alpha value is -2.07. The summed E-state index contributed by atoms with van der Waals surface area (Å²) >= 11 is 18.2. The predicted octanol–water partition coefficient (Wildman–Crippen LogP) is 4.88. The van der Waals surface area contributed by atoms with E-state index in [9.17, 15) is 22.4 Å². The smallest absolute Gasteiger partial charge is 0.244 e. The Balaban J connectivity index is 2.45. The average molecular weight is 567 g/mol. The highest BCUT2D eigenvalue weighted by molar-refractivity contribution is 7.92. The van der Waals surface area contributed by atoms with Crippen molar-refractivity contribution in [3.63, 3.8) is 0 Å². The van der Waals surface area contributed by atoms with Gasteiger partial charge in [-0.3, -0.25) is 13.9 Å². The molecule has 0 aliphatic carbocycles. The first-order valence-corrected chi connectivity index (χ1v) is 13.7. The van der Waals surface area contributed by atoms with Gasteiger partial charge in [-0.2, -0.15) is 0 Å². The molecule has 2 aromatic rings. The molecule has 192 valence electrons. The van der Waals surface area contributed by atoms with E-state index in [2.05, 4.69) is 5.32 Å². The van der Waals surface area contributed by atoms with Crippen molar-refractivity contribution in [1.82, 2.24) is 10.2 Å². The van der Waals surface area contributed by atoms with Crippen LogP contribution in [-0.2, 0) is 26.2 Å². The number of carbonyl (C=O) groups excluding carboxylic acids is 2. The lowest BCUT2D eigenvalue weighted by Crippen LogP contribution is -2.52. The maximum atomic E-state index is 13.5. The van der Waals surface area contributed by atoms with E-state index < -0.39 is 40.2 Å². The molecule has 2 unspecified atom stereocenters. The van der Waals surface area contributed by atoms with Gasteiger partial charge in [-0.15, -0.1) is 0 Å². The largest absolute Gasteiger partial charge is 0.352 e. The minimum absolute atomic E-state index is 0.0229. The summed E-state index contributed by atoms with van der Waals surface area (Å²) in [6.07, 6.45) is 1.60. The number of amides is 2. The van der Waals surface area contributed by atoms with Crippen LogP contribution >= 0.6 is 34.8 Å². The SMILES string of the molecule is CCC(C)NC(=O)C(C)N(Cc1ccc(F)cc1)C(=O)CN(c1cc(Cl)c(Cl)cc1Cl)S(C)(=O)=O. The van der Waals surface area contributed by atoms with Crippen molar-refractivity contribution in [2.75, 3.05) is 17.1 Å². The van der Waals surface area contributed by atoms with Crippen LogP contribution in [-0.4, -0.2) is 50.0 Å². The maximum Gasteiger partial charge on any atom is 0.244 e. The number of hydrogen-bond acceptors (Lipinski definition) is 4. The summed E-state index contributed by atoms with van der Waals surface area (Å²) in [6, 6.07) is 6.90. The highest BCUT2D eigenvalue weighted by atomic mass is 35.5. The molecule has 0 saturated carbocycles. The van der Waals surface area contributed by atoms with E-state index in [-0.39, 0.29) is 33.3 Å².